The SMILES string of the molecule is CCNC(=O)C(Cc1ccccc1)N(Cc1ccc(Cl)cc1)C(=O)CN(c1cccc(C(C)=O)c1)S(C)(=O)=O. The Hall–Kier alpha value is -3.69. The molecule has 3 rings (SSSR count). The van der Waals surface area contributed by atoms with E-state index in [1.165, 1.54) is 24.0 Å². The molecule has 3 aromatic carbocycles. The molecule has 1 N–H and O–H groups in total. The molecule has 0 aromatic heterocycles. The average molecular weight is 570 g/mol. The lowest BCUT2D eigenvalue weighted by atomic mass is 10.0. The van der Waals surface area contributed by atoms with Gasteiger partial charge in [0.25, 0.3) is 0 Å². The summed E-state index contributed by atoms with van der Waals surface area (Å²) in [6.45, 7) is 3.02. The van der Waals surface area contributed by atoms with Crippen LogP contribution in [0.25, 0.3) is 0 Å². The molecular formula is C29H32ClN3O5S. The van der Waals surface area contributed by atoms with Crippen molar-refractivity contribution in [2.75, 3.05) is 23.7 Å². The van der Waals surface area contributed by atoms with Crippen LogP contribution in [0, 0.1) is 0 Å². The Morgan fingerprint density at radius 1 is 0.923 bits per heavy atom. The Morgan fingerprint density at radius 3 is 2.18 bits per heavy atom. The smallest absolute Gasteiger partial charge is 0.244 e. The first kappa shape index (κ1) is 29.9. The minimum Gasteiger partial charge on any atom is -0.355 e. The van der Waals surface area contributed by atoms with Crippen molar-refractivity contribution in [3.05, 3.63) is 101 Å². The summed E-state index contributed by atoms with van der Waals surface area (Å²) in [5.41, 5.74) is 2.06. The molecule has 206 valence electrons. The molecular weight excluding hydrogens is 538 g/mol. The summed E-state index contributed by atoms with van der Waals surface area (Å²) < 4.78 is 26.6. The summed E-state index contributed by atoms with van der Waals surface area (Å²) >= 11 is 6.05. The number of hydrogen-bond acceptors (Lipinski definition) is 5. The van der Waals surface area contributed by atoms with Crippen LogP contribution in [-0.4, -0.2) is 56.3 Å². The number of nitrogens with zero attached hydrogens (tertiary/aromatic N) is 2. The van der Waals surface area contributed by atoms with Crippen molar-refractivity contribution in [3.63, 3.8) is 0 Å². The van der Waals surface area contributed by atoms with Crippen LogP contribution >= 0.6 is 11.6 Å². The number of rotatable bonds is 12. The summed E-state index contributed by atoms with van der Waals surface area (Å²) in [7, 11) is -3.93. The van der Waals surface area contributed by atoms with Gasteiger partial charge in [-0.25, -0.2) is 8.42 Å². The van der Waals surface area contributed by atoms with Gasteiger partial charge in [0.05, 0.1) is 11.9 Å². The van der Waals surface area contributed by atoms with Crippen molar-refractivity contribution in [1.82, 2.24) is 10.2 Å². The molecule has 3 aromatic rings. The lowest BCUT2D eigenvalue weighted by molar-refractivity contribution is -0.140. The quantitative estimate of drug-likeness (QED) is 0.331. The zero-order chi connectivity index (χ0) is 28.6. The maximum Gasteiger partial charge on any atom is 0.244 e. The minimum atomic E-state index is -3.93. The molecule has 0 aliphatic carbocycles. The molecule has 1 unspecified atom stereocenters. The lowest BCUT2D eigenvalue weighted by Crippen LogP contribution is -2.53. The fourth-order valence-corrected chi connectivity index (χ4v) is 5.09. The van der Waals surface area contributed by atoms with E-state index >= 15 is 0 Å². The van der Waals surface area contributed by atoms with Crippen LogP contribution in [-0.2, 0) is 32.6 Å². The summed E-state index contributed by atoms with van der Waals surface area (Å²) in [6.07, 6.45) is 1.22. The van der Waals surface area contributed by atoms with E-state index in [1.54, 1.807) is 43.3 Å². The fraction of sp³-hybridized carbons (Fsp3) is 0.276. The second kappa shape index (κ2) is 13.4. The predicted molar refractivity (Wildman–Crippen MR) is 153 cm³/mol. The van der Waals surface area contributed by atoms with E-state index in [1.807, 2.05) is 30.3 Å². The maximum atomic E-state index is 14.0. The number of sulfonamides is 1. The Balaban J connectivity index is 2.05. The van der Waals surface area contributed by atoms with Gasteiger partial charge in [0.2, 0.25) is 21.8 Å². The van der Waals surface area contributed by atoms with Crippen LogP contribution in [0.2, 0.25) is 5.02 Å². The molecule has 39 heavy (non-hydrogen) atoms. The molecule has 0 heterocycles. The van der Waals surface area contributed by atoms with Gasteiger partial charge in [-0.3, -0.25) is 18.7 Å². The Kier molecular flexibility index (Phi) is 10.3. The third-order valence-corrected chi connectivity index (χ3v) is 7.50. The number of likely N-dealkylation sites (N-methyl/N-ethyl adjacent to an activating group) is 1. The van der Waals surface area contributed by atoms with Crippen LogP contribution in [0.15, 0.2) is 78.9 Å². The number of Topliss-reactive ketones (excluding diaryl/α,β-unsaturated/α-hetero) is 1. The summed E-state index contributed by atoms with van der Waals surface area (Å²) in [5.74, 6) is -1.16. The van der Waals surface area contributed by atoms with Gasteiger partial charge < -0.3 is 10.2 Å². The van der Waals surface area contributed by atoms with E-state index in [0.29, 0.717) is 17.1 Å². The monoisotopic (exact) mass is 569 g/mol. The van der Waals surface area contributed by atoms with Gasteiger partial charge in [0.15, 0.2) is 5.78 Å². The molecule has 8 nitrogen and oxygen atoms in total. The summed E-state index contributed by atoms with van der Waals surface area (Å²) in [6, 6.07) is 21.4. The highest BCUT2D eigenvalue weighted by molar-refractivity contribution is 7.92. The van der Waals surface area contributed by atoms with Crippen LogP contribution in [0.1, 0.15) is 35.3 Å². The number of carbonyl (C=O) groups is 3. The highest BCUT2D eigenvalue weighted by atomic mass is 35.5. The lowest BCUT2D eigenvalue weighted by Gasteiger charge is -2.33. The molecule has 0 saturated carbocycles. The first-order valence-electron chi connectivity index (χ1n) is 12.4. The first-order valence-corrected chi connectivity index (χ1v) is 14.7. The number of anilines is 1. The molecule has 0 saturated heterocycles. The third-order valence-electron chi connectivity index (χ3n) is 6.11. The zero-order valence-corrected chi connectivity index (χ0v) is 23.7. The van der Waals surface area contributed by atoms with E-state index < -0.39 is 28.5 Å². The minimum absolute atomic E-state index is 0.0513. The standard InChI is InChI=1S/C29H32ClN3O5S/c1-4-31-29(36)27(17-22-9-6-5-7-10-22)32(19-23-13-15-25(30)16-14-23)28(35)20-33(39(3,37)38)26-12-8-11-24(18-26)21(2)34/h5-16,18,27H,4,17,19-20H2,1-3H3,(H,31,36). The number of halogens is 1. The van der Waals surface area contributed by atoms with E-state index in [9.17, 15) is 22.8 Å². The van der Waals surface area contributed by atoms with Gasteiger partial charge in [0, 0.05) is 30.1 Å². The number of amides is 2. The number of benzene rings is 3. The molecule has 2 amide bonds. The third kappa shape index (κ3) is 8.40. The normalized spacial score (nSPS) is 11.9. The highest BCUT2D eigenvalue weighted by Gasteiger charge is 2.33. The largest absolute Gasteiger partial charge is 0.355 e. The number of ketones is 1. The average Bonchev–Trinajstić information content (AvgIpc) is 2.90. The fourth-order valence-electron chi connectivity index (χ4n) is 4.13. The van der Waals surface area contributed by atoms with Crippen molar-refractivity contribution in [3.8, 4) is 0 Å². The molecule has 1 atom stereocenters. The topological polar surface area (TPSA) is 104 Å². The molecule has 0 bridgehead atoms. The number of hydrogen-bond donors (Lipinski definition) is 1. The van der Waals surface area contributed by atoms with Crippen molar-refractivity contribution in [2.45, 2.75) is 32.9 Å². The van der Waals surface area contributed by atoms with Crippen LogP contribution in [0.5, 0.6) is 0 Å². The van der Waals surface area contributed by atoms with Gasteiger partial charge in [0.1, 0.15) is 12.6 Å². The van der Waals surface area contributed by atoms with Crippen molar-refractivity contribution in [1.29, 1.82) is 0 Å². The summed E-state index contributed by atoms with van der Waals surface area (Å²) in [4.78, 5) is 40.6. The molecule has 10 heteroatoms. The molecule has 0 fully saturated rings. The number of carbonyl (C=O) groups excluding carboxylic acids is 3. The van der Waals surface area contributed by atoms with Gasteiger partial charge in [-0.2, -0.15) is 0 Å². The van der Waals surface area contributed by atoms with Crippen molar-refractivity contribution in [2.24, 2.45) is 0 Å². The summed E-state index contributed by atoms with van der Waals surface area (Å²) in [5, 5.41) is 3.33. The van der Waals surface area contributed by atoms with E-state index in [2.05, 4.69) is 5.32 Å². The first-order chi connectivity index (χ1) is 18.5. The second-order valence-electron chi connectivity index (χ2n) is 9.12. The highest BCUT2D eigenvalue weighted by Crippen LogP contribution is 2.22. The van der Waals surface area contributed by atoms with Gasteiger partial charge in [-0.05, 0) is 49.2 Å². The molecule has 0 aliphatic heterocycles. The van der Waals surface area contributed by atoms with Gasteiger partial charge >= 0.3 is 0 Å². The number of nitrogens with one attached hydrogen (secondary N) is 1. The van der Waals surface area contributed by atoms with Crippen LogP contribution < -0.4 is 9.62 Å². The Labute approximate surface area is 234 Å². The van der Waals surface area contributed by atoms with E-state index in [4.69, 9.17) is 11.6 Å². The Bertz CT molecular complexity index is 1410. The van der Waals surface area contributed by atoms with Crippen LogP contribution in [0.4, 0.5) is 5.69 Å². The van der Waals surface area contributed by atoms with Crippen molar-refractivity contribution >= 4 is 44.9 Å². The van der Waals surface area contributed by atoms with Gasteiger partial charge in [-0.15, -0.1) is 0 Å². The molecule has 0 spiro atoms. The maximum absolute atomic E-state index is 14.0. The predicted octanol–water partition coefficient (Wildman–Crippen LogP) is 4.08. The molecule has 0 aliphatic rings. The van der Waals surface area contributed by atoms with Gasteiger partial charge in [-0.1, -0.05) is 66.2 Å². The second-order valence-corrected chi connectivity index (χ2v) is 11.5. The van der Waals surface area contributed by atoms with Crippen LogP contribution in [0.3, 0.4) is 0 Å². The van der Waals surface area contributed by atoms with E-state index in [0.717, 1.165) is 21.7 Å². The molecule has 0 radical (unpaired) electrons. The van der Waals surface area contributed by atoms with E-state index in [-0.39, 0.29) is 30.3 Å². The zero-order valence-electron chi connectivity index (χ0n) is 22.1. The van der Waals surface area contributed by atoms with Crippen molar-refractivity contribution < 1.29 is 22.8 Å². The Morgan fingerprint density at radius 2 is 1.59 bits per heavy atom.